The molecule has 23 heavy (non-hydrogen) atoms. The number of aromatic nitrogens is 3. The van der Waals surface area contributed by atoms with Crippen LogP contribution >= 0.6 is 23.1 Å². The van der Waals surface area contributed by atoms with Crippen LogP contribution in [0.3, 0.4) is 0 Å². The average Bonchev–Trinajstić information content (AvgIpc) is 3.20. The summed E-state index contributed by atoms with van der Waals surface area (Å²) >= 11 is 3.33. The first kappa shape index (κ1) is 14.4. The molecule has 0 saturated heterocycles. The fraction of sp³-hybridized carbons (Fsp3) is 0.118. The van der Waals surface area contributed by atoms with Gasteiger partial charge in [-0.05, 0) is 30.5 Å². The van der Waals surface area contributed by atoms with E-state index in [0.717, 1.165) is 38.0 Å². The van der Waals surface area contributed by atoms with Gasteiger partial charge in [0.25, 0.3) is 0 Å². The molecule has 0 atom stereocenters. The fourth-order valence-corrected chi connectivity index (χ4v) is 4.22. The van der Waals surface area contributed by atoms with Crippen LogP contribution in [0.15, 0.2) is 57.5 Å². The van der Waals surface area contributed by atoms with Gasteiger partial charge in [-0.3, -0.25) is 0 Å². The van der Waals surface area contributed by atoms with Crippen LogP contribution in [0.2, 0.25) is 0 Å². The van der Waals surface area contributed by atoms with Crippen LogP contribution < -0.4 is 0 Å². The summed E-state index contributed by atoms with van der Waals surface area (Å²) in [7, 11) is 0. The Morgan fingerprint density at radius 3 is 2.87 bits per heavy atom. The summed E-state index contributed by atoms with van der Waals surface area (Å²) in [5, 5.41) is 3.03. The van der Waals surface area contributed by atoms with Gasteiger partial charge in [0.05, 0.1) is 15.9 Å². The number of thiophene rings is 1. The lowest BCUT2D eigenvalue weighted by Crippen LogP contribution is -1.87. The Labute approximate surface area is 141 Å². The number of aryl methyl sites for hydroxylation is 1. The number of thioether (sulfide) groups is 1. The highest BCUT2D eigenvalue weighted by molar-refractivity contribution is 7.98. The molecule has 4 rings (SSSR count). The molecular weight excluding hydrogens is 326 g/mol. The van der Waals surface area contributed by atoms with E-state index in [1.165, 1.54) is 0 Å². The Morgan fingerprint density at radius 1 is 1.13 bits per heavy atom. The second kappa shape index (κ2) is 6.14. The van der Waals surface area contributed by atoms with Gasteiger partial charge >= 0.3 is 0 Å². The molecule has 3 aromatic heterocycles. The zero-order valence-electron chi connectivity index (χ0n) is 12.4. The average molecular weight is 339 g/mol. The first-order valence-electron chi connectivity index (χ1n) is 7.14. The number of hydrogen-bond acceptors (Lipinski definition) is 6. The predicted molar refractivity (Wildman–Crippen MR) is 93.7 cm³/mol. The minimum Gasteiger partial charge on any atom is -0.441 e. The van der Waals surface area contributed by atoms with Gasteiger partial charge in [-0.15, -0.1) is 11.3 Å². The molecule has 114 valence electrons. The first-order valence-corrected chi connectivity index (χ1v) is 9.00. The first-order chi connectivity index (χ1) is 11.3. The quantitative estimate of drug-likeness (QED) is 0.389. The van der Waals surface area contributed by atoms with Crippen molar-refractivity contribution in [1.82, 2.24) is 15.0 Å². The zero-order chi connectivity index (χ0) is 15.6. The summed E-state index contributed by atoms with van der Waals surface area (Å²) in [5.74, 6) is 2.25. The lowest BCUT2D eigenvalue weighted by Gasteiger charge is -2.00. The Balaban J connectivity index is 1.58. The summed E-state index contributed by atoms with van der Waals surface area (Å²) < 4.78 is 6.93. The van der Waals surface area contributed by atoms with Crippen LogP contribution in [0.25, 0.3) is 21.7 Å². The molecule has 0 saturated carbocycles. The molecular formula is C17H13N3OS2. The molecule has 0 spiro atoms. The van der Waals surface area contributed by atoms with Gasteiger partial charge in [0, 0.05) is 11.3 Å². The largest absolute Gasteiger partial charge is 0.441 e. The smallest absolute Gasteiger partial charge is 0.226 e. The third-order valence-corrected chi connectivity index (χ3v) is 5.51. The van der Waals surface area contributed by atoms with E-state index in [1.54, 1.807) is 29.4 Å². The van der Waals surface area contributed by atoms with Gasteiger partial charge in [0.1, 0.15) is 17.1 Å². The van der Waals surface area contributed by atoms with Crippen LogP contribution in [0, 0.1) is 6.92 Å². The minimum absolute atomic E-state index is 0.669. The summed E-state index contributed by atoms with van der Waals surface area (Å²) in [6.45, 7) is 1.95. The van der Waals surface area contributed by atoms with Crippen LogP contribution in [0.4, 0.5) is 0 Å². The SMILES string of the molecule is Cc1oc(-c2ccccc2)nc1CSc1ncnc2ccsc12. The fourth-order valence-electron chi connectivity index (χ4n) is 2.27. The highest BCUT2D eigenvalue weighted by Gasteiger charge is 2.13. The van der Waals surface area contributed by atoms with E-state index >= 15 is 0 Å². The third kappa shape index (κ3) is 2.87. The number of nitrogens with zero attached hydrogens (tertiary/aromatic N) is 3. The van der Waals surface area contributed by atoms with E-state index in [4.69, 9.17) is 4.42 Å². The maximum Gasteiger partial charge on any atom is 0.226 e. The second-order valence-corrected chi connectivity index (χ2v) is 6.87. The Morgan fingerprint density at radius 2 is 2.00 bits per heavy atom. The van der Waals surface area contributed by atoms with Gasteiger partial charge < -0.3 is 4.42 Å². The summed E-state index contributed by atoms with van der Waals surface area (Å²) in [6, 6.07) is 12.0. The van der Waals surface area contributed by atoms with E-state index in [-0.39, 0.29) is 0 Å². The number of rotatable bonds is 4. The molecule has 3 heterocycles. The summed E-state index contributed by atoms with van der Waals surface area (Å²) in [6.07, 6.45) is 1.61. The number of hydrogen-bond donors (Lipinski definition) is 0. The topological polar surface area (TPSA) is 51.8 Å². The zero-order valence-corrected chi connectivity index (χ0v) is 14.0. The normalized spacial score (nSPS) is 11.2. The lowest BCUT2D eigenvalue weighted by molar-refractivity contribution is 0.540. The Hall–Kier alpha value is -2.18. The molecule has 0 unspecified atom stereocenters. The number of benzene rings is 1. The van der Waals surface area contributed by atoms with Gasteiger partial charge in [0.15, 0.2) is 0 Å². The number of oxazole rings is 1. The van der Waals surface area contributed by atoms with Gasteiger partial charge in [-0.25, -0.2) is 15.0 Å². The second-order valence-electron chi connectivity index (χ2n) is 4.99. The molecule has 0 aliphatic rings. The van der Waals surface area contributed by atoms with Crippen molar-refractivity contribution in [1.29, 1.82) is 0 Å². The maximum absolute atomic E-state index is 5.81. The van der Waals surface area contributed by atoms with Crippen LogP contribution in [0.1, 0.15) is 11.5 Å². The molecule has 0 aliphatic heterocycles. The van der Waals surface area contributed by atoms with Crippen molar-refractivity contribution in [3.8, 4) is 11.5 Å². The van der Waals surface area contributed by atoms with E-state index < -0.39 is 0 Å². The lowest BCUT2D eigenvalue weighted by atomic mass is 10.2. The van der Waals surface area contributed by atoms with Crippen molar-refractivity contribution in [2.75, 3.05) is 0 Å². The molecule has 0 N–H and O–H groups in total. The highest BCUT2D eigenvalue weighted by Crippen LogP contribution is 2.32. The Kier molecular flexibility index (Phi) is 3.85. The van der Waals surface area contributed by atoms with Crippen molar-refractivity contribution in [3.63, 3.8) is 0 Å². The van der Waals surface area contributed by atoms with Crippen molar-refractivity contribution in [3.05, 3.63) is 59.6 Å². The molecule has 0 amide bonds. The minimum atomic E-state index is 0.669. The van der Waals surface area contributed by atoms with Crippen molar-refractivity contribution in [2.45, 2.75) is 17.7 Å². The van der Waals surface area contributed by atoms with Gasteiger partial charge in [-0.1, -0.05) is 30.0 Å². The molecule has 1 aromatic carbocycles. The van der Waals surface area contributed by atoms with Crippen LogP contribution in [-0.2, 0) is 5.75 Å². The van der Waals surface area contributed by atoms with E-state index in [9.17, 15) is 0 Å². The van der Waals surface area contributed by atoms with Crippen molar-refractivity contribution in [2.24, 2.45) is 0 Å². The van der Waals surface area contributed by atoms with E-state index in [0.29, 0.717) is 5.89 Å². The van der Waals surface area contributed by atoms with Crippen molar-refractivity contribution < 1.29 is 4.42 Å². The standard InChI is InChI=1S/C17H13N3OS2/c1-11-14(20-16(21-11)12-5-3-2-4-6-12)9-23-17-15-13(7-8-22-15)18-10-19-17/h2-8,10H,9H2,1H3. The molecule has 0 bridgehead atoms. The molecule has 0 aliphatic carbocycles. The predicted octanol–water partition coefficient (Wildman–Crippen LogP) is 4.95. The molecule has 4 aromatic rings. The maximum atomic E-state index is 5.81. The molecule has 0 radical (unpaired) electrons. The molecule has 6 heteroatoms. The monoisotopic (exact) mass is 339 g/mol. The van der Waals surface area contributed by atoms with Crippen LogP contribution in [0.5, 0.6) is 0 Å². The van der Waals surface area contributed by atoms with Crippen molar-refractivity contribution >= 4 is 33.3 Å². The third-order valence-electron chi connectivity index (χ3n) is 3.47. The van der Waals surface area contributed by atoms with Gasteiger partial charge in [-0.2, -0.15) is 0 Å². The number of fused-ring (bicyclic) bond motifs is 1. The van der Waals surface area contributed by atoms with E-state index in [2.05, 4.69) is 15.0 Å². The highest BCUT2D eigenvalue weighted by atomic mass is 32.2. The summed E-state index contributed by atoms with van der Waals surface area (Å²) in [5.41, 5.74) is 2.95. The van der Waals surface area contributed by atoms with E-state index in [1.807, 2.05) is 48.7 Å². The summed E-state index contributed by atoms with van der Waals surface area (Å²) in [4.78, 5) is 13.3. The van der Waals surface area contributed by atoms with Crippen LogP contribution in [-0.4, -0.2) is 15.0 Å². The van der Waals surface area contributed by atoms with Gasteiger partial charge in [0.2, 0.25) is 5.89 Å². The molecule has 0 fully saturated rings. The molecule has 4 nitrogen and oxygen atoms in total. The Bertz CT molecular complexity index is 947.